The lowest BCUT2D eigenvalue weighted by molar-refractivity contribution is 0.746. The van der Waals surface area contributed by atoms with Crippen molar-refractivity contribution < 1.29 is 0 Å². The average Bonchev–Trinajstić information content (AvgIpc) is 3.06. The molecule has 1 aliphatic rings. The monoisotopic (exact) mass is 277 g/mol. The van der Waals surface area contributed by atoms with Crippen LogP contribution in [0.1, 0.15) is 42.5 Å². The van der Waals surface area contributed by atoms with Crippen LogP contribution < -0.4 is 11.1 Å². The summed E-state index contributed by atoms with van der Waals surface area (Å²) in [7, 11) is 1.96. The molecule has 1 fully saturated rings. The van der Waals surface area contributed by atoms with E-state index in [0.29, 0.717) is 11.7 Å². The smallest absolute Gasteiger partial charge is 0.142 e. The van der Waals surface area contributed by atoms with Crippen LogP contribution >= 0.6 is 11.5 Å². The van der Waals surface area contributed by atoms with Crippen LogP contribution in [0.15, 0.2) is 6.20 Å². The van der Waals surface area contributed by atoms with Crippen LogP contribution in [0, 0.1) is 0 Å². The third-order valence-corrected chi connectivity index (χ3v) is 4.34. The van der Waals surface area contributed by atoms with Gasteiger partial charge in [-0.2, -0.15) is 9.47 Å². The summed E-state index contributed by atoms with van der Waals surface area (Å²) in [5, 5.41) is 9.07. The van der Waals surface area contributed by atoms with E-state index in [9.17, 15) is 0 Å². The molecule has 6 heteroatoms. The molecule has 1 aliphatic carbocycles. The lowest BCUT2D eigenvalue weighted by atomic mass is 10.2. The quantitative estimate of drug-likeness (QED) is 0.881. The Labute approximate surface area is 117 Å². The Morgan fingerprint density at radius 3 is 3.00 bits per heavy atom. The van der Waals surface area contributed by atoms with Crippen molar-refractivity contribution in [2.45, 2.75) is 38.6 Å². The standard InChI is InChI=1S/C13H19N5S/c1-3-10-9(7-18(2)16-10)6-15-13-11(8-4-5-8)12(14)17-19-13/h7-8,15H,3-6H2,1-2H3,(H2,14,17). The molecule has 0 radical (unpaired) electrons. The predicted molar refractivity (Wildman–Crippen MR) is 78.4 cm³/mol. The van der Waals surface area contributed by atoms with Gasteiger partial charge in [0.05, 0.1) is 5.69 Å². The number of nitrogens with two attached hydrogens (primary N) is 1. The van der Waals surface area contributed by atoms with Crippen LogP contribution in [0.4, 0.5) is 10.8 Å². The molecular weight excluding hydrogens is 258 g/mol. The second kappa shape index (κ2) is 4.85. The van der Waals surface area contributed by atoms with E-state index in [0.717, 1.165) is 23.7 Å². The van der Waals surface area contributed by atoms with Crippen LogP contribution in [0.25, 0.3) is 0 Å². The highest BCUT2D eigenvalue weighted by Crippen LogP contribution is 2.47. The van der Waals surface area contributed by atoms with Crippen molar-refractivity contribution in [3.05, 3.63) is 23.0 Å². The summed E-state index contributed by atoms with van der Waals surface area (Å²) in [4.78, 5) is 0. The average molecular weight is 277 g/mol. The van der Waals surface area contributed by atoms with Gasteiger partial charge >= 0.3 is 0 Å². The largest absolute Gasteiger partial charge is 0.383 e. The Morgan fingerprint density at radius 1 is 1.53 bits per heavy atom. The van der Waals surface area contributed by atoms with Gasteiger partial charge in [-0.3, -0.25) is 4.68 Å². The lowest BCUT2D eigenvalue weighted by Gasteiger charge is -2.06. The Morgan fingerprint density at radius 2 is 2.32 bits per heavy atom. The highest BCUT2D eigenvalue weighted by Gasteiger charge is 2.30. The lowest BCUT2D eigenvalue weighted by Crippen LogP contribution is -2.02. The fourth-order valence-electron chi connectivity index (χ4n) is 2.41. The van der Waals surface area contributed by atoms with Crippen molar-refractivity contribution in [3.63, 3.8) is 0 Å². The normalized spacial score (nSPS) is 14.8. The summed E-state index contributed by atoms with van der Waals surface area (Å²) < 4.78 is 6.15. The van der Waals surface area contributed by atoms with Gasteiger partial charge in [0, 0.05) is 30.9 Å². The van der Waals surface area contributed by atoms with Crippen molar-refractivity contribution in [2.24, 2.45) is 7.05 Å². The van der Waals surface area contributed by atoms with E-state index in [2.05, 4.69) is 27.9 Å². The SMILES string of the molecule is CCc1nn(C)cc1CNc1snc(N)c1C1CC1. The molecule has 0 bridgehead atoms. The van der Waals surface area contributed by atoms with E-state index >= 15 is 0 Å². The molecular formula is C13H19N5S. The summed E-state index contributed by atoms with van der Waals surface area (Å²) in [6.45, 7) is 2.92. The number of nitrogen functional groups attached to an aromatic ring is 1. The first-order chi connectivity index (χ1) is 9.19. The molecule has 2 heterocycles. The second-order valence-corrected chi connectivity index (χ2v) is 5.84. The molecule has 102 valence electrons. The summed E-state index contributed by atoms with van der Waals surface area (Å²) in [6, 6.07) is 0. The molecule has 0 atom stereocenters. The minimum Gasteiger partial charge on any atom is -0.383 e. The van der Waals surface area contributed by atoms with Gasteiger partial charge in [0.1, 0.15) is 10.8 Å². The van der Waals surface area contributed by atoms with Crippen molar-refractivity contribution in [1.82, 2.24) is 14.2 Å². The summed E-state index contributed by atoms with van der Waals surface area (Å²) in [5.41, 5.74) is 9.58. The third kappa shape index (κ3) is 2.45. The molecule has 2 aromatic rings. The van der Waals surface area contributed by atoms with Crippen LogP contribution in [-0.2, 0) is 20.0 Å². The van der Waals surface area contributed by atoms with Crippen LogP contribution in [0.3, 0.4) is 0 Å². The van der Waals surface area contributed by atoms with Gasteiger partial charge in [0.15, 0.2) is 0 Å². The van der Waals surface area contributed by atoms with E-state index < -0.39 is 0 Å². The Hall–Kier alpha value is -1.56. The zero-order valence-corrected chi connectivity index (χ0v) is 12.1. The van der Waals surface area contributed by atoms with E-state index in [1.54, 1.807) is 0 Å². The molecule has 2 aromatic heterocycles. The van der Waals surface area contributed by atoms with Crippen molar-refractivity contribution in [1.29, 1.82) is 0 Å². The molecule has 0 saturated heterocycles. The van der Waals surface area contributed by atoms with Crippen LogP contribution in [-0.4, -0.2) is 14.2 Å². The summed E-state index contributed by atoms with van der Waals surface area (Å²) in [5.74, 6) is 1.33. The van der Waals surface area contributed by atoms with Gasteiger partial charge in [0.2, 0.25) is 0 Å². The first-order valence-corrected chi connectivity index (χ1v) is 7.46. The molecule has 0 aliphatic heterocycles. The number of aryl methyl sites for hydroxylation is 2. The molecule has 0 amide bonds. The maximum Gasteiger partial charge on any atom is 0.142 e. The van der Waals surface area contributed by atoms with E-state index in [-0.39, 0.29) is 0 Å². The van der Waals surface area contributed by atoms with Gasteiger partial charge in [-0.05, 0) is 36.7 Å². The molecule has 3 rings (SSSR count). The predicted octanol–water partition coefficient (Wildman–Crippen LogP) is 2.51. The number of anilines is 2. The number of aromatic nitrogens is 3. The van der Waals surface area contributed by atoms with E-state index in [1.807, 2.05) is 11.7 Å². The Kier molecular flexibility index (Phi) is 3.18. The summed E-state index contributed by atoms with van der Waals surface area (Å²) >= 11 is 1.47. The number of rotatable bonds is 5. The molecule has 19 heavy (non-hydrogen) atoms. The van der Waals surface area contributed by atoms with Crippen molar-refractivity contribution in [2.75, 3.05) is 11.1 Å². The van der Waals surface area contributed by atoms with Gasteiger partial charge in [-0.25, -0.2) is 0 Å². The number of nitrogens with zero attached hydrogens (tertiary/aromatic N) is 3. The molecule has 0 aromatic carbocycles. The first-order valence-electron chi connectivity index (χ1n) is 6.69. The highest BCUT2D eigenvalue weighted by molar-refractivity contribution is 7.10. The fraction of sp³-hybridized carbons (Fsp3) is 0.538. The van der Waals surface area contributed by atoms with Gasteiger partial charge in [-0.15, -0.1) is 0 Å². The highest BCUT2D eigenvalue weighted by atomic mass is 32.1. The molecule has 1 saturated carbocycles. The Bertz CT molecular complexity index is 582. The van der Waals surface area contributed by atoms with Crippen molar-refractivity contribution >= 4 is 22.4 Å². The minimum atomic E-state index is 0.626. The number of nitrogens with one attached hydrogen (secondary N) is 1. The summed E-state index contributed by atoms with van der Waals surface area (Å²) in [6.07, 6.45) is 5.51. The van der Waals surface area contributed by atoms with Crippen LogP contribution in [0.2, 0.25) is 0 Å². The maximum absolute atomic E-state index is 5.95. The minimum absolute atomic E-state index is 0.626. The molecule has 0 unspecified atom stereocenters. The first kappa shape index (κ1) is 12.5. The molecule has 0 spiro atoms. The van der Waals surface area contributed by atoms with Gasteiger partial charge < -0.3 is 11.1 Å². The van der Waals surface area contributed by atoms with E-state index in [4.69, 9.17) is 5.73 Å². The van der Waals surface area contributed by atoms with Gasteiger partial charge in [0.25, 0.3) is 0 Å². The Balaban J connectivity index is 1.75. The van der Waals surface area contributed by atoms with Crippen molar-refractivity contribution in [3.8, 4) is 0 Å². The molecule has 3 N–H and O–H groups in total. The molecule has 5 nitrogen and oxygen atoms in total. The number of hydrogen-bond acceptors (Lipinski definition) is 5. The fourth-order valence-corrected chi connectivity index (χ4v) is 3.20. The zero-order valence-electron chi connectivity index (χ0n) is 11.3. The van der Waals surface area contributed by atoms with E-state index in [1.165, 1.54) is 35.5 Å². The third-order valence-electron chi connectivity index (χ3n) is 3.51. The maximum atomic E-state index is 5.95. The van der Waals surface area contributed by atoms with Crippen LogP contribution in [0.5, 0.6) is 0 Å². The zero-order chi connectivity index (χ0) is 13.4. The van der Waals surface area contributed by atoms with Gasteiger partial charge in [-0.1, -0.05) is 6.92 Å². The second-order valence-electron chi connectivity index (χ2n) is 5.07. The topological polar surface area (TPSA) is 68.8 Å². The number of hydrogen-bond donors (Lipinski definition) is 2.